The molecule has 2 aromatic heterocycles. The van der Waals surface area contributed by atoms with E-state index >= 15 is 0 Å². The molecule has 0 saturated carbocycles. The van der Waals surface area contributed by atoms with Gasteiger partial charge in [0.05, 0.1) is 24.0 Å². The highest BCUT2D eigenvalue weighted by Gasteiger charge is 2.20. The van der Waals surface area contributed by atoms with Gasteiger partial charge in [0.25, 0.3) is 0 Å². The molecule has 0 spiro atoms. The number of pyridine rings is 1. The molecule has 0 saturated heterocycles. The number of rotatable bonds is 3. The summed E-state index contributed by atoms with van der Waals surface area (Å²) in [6, 6.07) is 12.0. The summed E-state index contributed by atoms with van der Waals surface area (Å²) in [5, 5.41) is 19.0. The Bertz CT molecular complexity index is 743. The topological polar surface area (TPSA) is 63.8 Å². The Morgan fingerprint density at radius 3 is 2.70 bits per heavy atom. The molecular weight excluding hydrogens is 252 g/mol. The lowest BCUT2D eigenvalue weighted by molar-refractivity contribution is 0.0737. The Balaban J connectivity index is 1.87. The molecule has 0 bridgehead atoms. The van der Waals surface area contributed by atoms with Crippen molar-refractivity contribution in [3.63, 3.8) is 0 Å². The second kappa shape index (κ2) is 4.68. The van der Waals surface area contributed by atoms with Crippen LogP contribution in [0.5, 0.6) is 0 Å². The molecule has 2 heterocycles. The van der Waals surface area contributed by atoms with Crippen LogP contribution in [-0.2, 0) is 12.1 Å². The maximum absolute atomic E-state index is 9.88. The largest absolute Gasteiger partial charge is 0.384 e. The van der Waals surface area contributed by atoms with E-state index < -0.39 is 5.60 Å². The summed E-state index contributed by atoms with van der Waals surface area (Å²) in [6.07, 6.45) is 1.75. The highest BCUT2D eigenvalue weighted by Crippen LogP contribution is 2.16. The minimum atomic E-state index is -0.977. The Hall–Kier alpha value is -2.27. The monoisotopic (exact) mass is 268 g/mol. The van der Waals surface area contributed by atoms with Crippen LogP contribution in [0.25, 0.3) is 10.9 Å². The standard InChI is InChI=1S/C15H16N4O/c1-15(2,20)14-10-19(18-17-14)9-12-8-7-11-5-3-4-6-13(11)16-12/h3-8,10,20H,9H2,1-2H3. The average molecular weight is 268 g/mol. The van der Waals surface area contributed by atoms with E-state index in [9.17, 15) is 5.11 Å². The van der Waals surface area contributed by atoms with Crippen molar-refractivity contribution in [1.29, 1.82) is 0 Å². The van der Waals surface area contributed by atoms with Crippen LogP contribution in [0.2, 0.25) is 0 Å². The van der Waals surface area contributed by atoms with Crippen molar-refractivity contribution in [2.75, 3.05) is 0 Å². The molecule has 20 heavy (non-hydrogen) atoms. The smallest absolute Gasteiger partial charge is 0.114 e. The van der Waals surface area contributed by atoms with Gasteiger partial charge in [-0.25, -0.2) is 4.68 Å². The van der Waals surface area contributed by atoms with Gasteiger partial charge in [-0.3, -0.25) is 4.98 Å². The fraction of sp³-hybridized carbons (Fsp3) is 0.267. The van der Waals surface area contributed by atoms with Crippen molar-refractivity contribution in [3.05, 3.63) is 54.0 Å². The molecule has 0 aliphatic heterocycles. The van der Waals surface area contributed by atoms with E-state index in [0.717, 1.165) is 16.6 Å². The fourth-order valence-corrected chi connectivity index (χ4v) is 2.02. The average Bonchev–Trinajstić information content (AvgIpc) is 2.87. The minimum absolute atomic E-state index is 0.536. The van der Waals surface area contributed by atoms with Crippen molar-refractivity contribution in [2.45, 2.75) is 26.0 Å². The molecule has 0 atom stereocenters. The van der Waals surface area contributed by atoms with E-state index in [1.165, 1.54) is 0 Å². The Labute approximate surface area is 116 Å². The van der Waals surface area contributed by atoms with Crippen molar-refractivity contribution >= 4 is 10.9 Å². The Morgan fingerprint density at radius 1 is 1.15 bits per heavy atom. The minimum Gasteiger partial charge on any atom is -0.384 e. The third kappa shape index (κ3) is 2.53. The van der Waals surface area contributed by atoms with Gasteiger partial charge < -0.3 is 5.11 Å². The fourth-order valence-electron chi connectivity index (χ4n) is 2.02. The third-order valence-electron chi connectivity index (χ3n) is 3.15. The molecule has 0 aliphatic carbocycles. The second-order valence-electron chi connectivity index (χ2n) is 5.36. The Kier molecular flexibility index (Phi) is 2.99. The zero-order valence-corrected chi connectivity index (χ0v) is 11.5. The molecule has 0 radical (unpaired) electrons. The lowest BCUT2D eigenvalue weighted by atomic mass is 10.1. The van der Waals surface area contributed by atoms with Crippen LogP contribution in [0, 0.1) is 0 Å². The van der Waals surface area contributed by atoms with Crippen LogP contribution in [0.3, 0.4) is 0 Å². The lowest BCUT2D eigenvalue weighted by Crippen LogP contribution is -2.15. The zero-order chi connectivity index (χ0) is 14.2. The van der Waals surface area contributed by atoms with E-state index in [1.54, 1.807) is 24.7 Å². The molecule has 0 fully saturated rings. The number of nitrogens with zero attached hydrogens (tertiary/aromatic N) is 4. The maximum Gasteiger partial charge on any atom is 0.114 e. The molecule has 0 aliphatic rings. The van der Waals surface area contributed by atoms with Gasteiger partial charge >= 0.3 is 0 Å². The first kappa shape index (κ1) is 12.7. The van der Waals surface area contributed by atoms with E-state index in [4.69, 9.17) is 0 Å². The van der Waals surface area contributed by atoms with Crippen molar-refractivity contribution < 1.29 is 5.11 Å². The summed E-state index contributed by atoms with van der Waals surface area (Å²) >= 11 is 0. The number of aliphatic hydroxyl groups is 1. The lowest BCUT2D eigenvalue weighted by Gasteiger charge is -2.11. The summed E-state index contributed by atoms with van der Waals surface area (Å²) < 4.78 is 1.68. The quantitative estimate of drug-likeness (QED) is 0.790. The highest BCUT2D eigenvalue weighted by molar-refractivity contribution is 5.78. The maximum atomic E-state index is 9.88. The van der Waals surface area contributed by atoms with E-state index in [2.05, 4.69) is 15.3 Å². The van der Waals surface area contributed by atoms with Crippen molar-refractivity contribution in [1.82, 2.24) is 20.0 Å². The summed E-state index contributed by atoms with van der Waals surface area (Å²) in [5.41, 5.74) is 1.46. The molecule has 102 valence electrons. The number of aromatic nitrogens is 4. The van der Waals surface area contributed by atoms with Crippen LogP contribution in [0.1, 0.15) is 25.2 Å². The first-order valence-electron chi connectivity index (χ1n) is 6.50. The molecule has 5 heteroatoms. The number of benzene rings is 1. The summed E-state index contributed by atoms with van der Waals surface area (Å²) in [5.74, 6) is 0. The van der Waals surface area contributed by atoms with Gasteiger partial charge in [-0.05, 0) is 26.0 Å². The predicted octanol–water partition coefficient (Wildman–Crippen LogP) is 2.10. The van der Waals surface area contributed by atoms with Gasteiger partial charge in [0.2, 0.25) is 0 Å². The first-order valence-corrected chi connectivity index (χ1v) is 6.50. The number of para-hydroxylation sites is 1. The molecule has 3 rings (SSSR count). The summed E-state index contributed by atoms with van der Waals surface area (Å²) in [4.78, 5) is 4.59. The summed E-state index contributed by atoms with van der Waals surface area (Å²) in [6.45, 7) is 3.92. The van der Waals surface area contributed by atoms with E-state index in [-0.39, 0.29) is 0 Å². The number of hydrogen-bond acceptors (Lipinski definition) is 4. The van der Waals surface area contributed by atoms with Crippen molar-refractivity contribution in [2.24, 2.45) is 0 Å². The molecular formula is C15H16N4O. The number of fused-ring (bicyclic) bond motifs is 1. The molecule has 0 amide bonds. The molecule has 1 aromatic carbocycles. The molecule has 5 nitrogen and oxygen atoms in total. The van der Waals surface area contributed by atoms with Crippen LogP contribution in [0.15, 0.2) is 42.6 Å². The van der Waals surface area contributed by atoms with Gasteiger partial charge in [0.1, 0.15) is 11.3 Å². The second-order valence-corrected chi connectivity index (χ2v) is 5.36. The van der Waals surface area contributed by atoms with Gasteiger partial charge in [-0.1, -0.05) is 29.5 Å². The van der Waals surface area contributed by atoms with Crippen molar-refractivity contribution in [3.8, 4) is 0 Å². The predicted molar refractivity (Wildman–Crippen MR) is 76.1 cm³/mol. The van der Waals surface area contributed by atoms with Gasteiger partial charge in [0, 0.05) is 5.39 Å². The molecule has 1 N–H and O–H groups in total. The van der Waals surface area contributed by atoms with Gasteiger partial charge in [-0.2, -0.15) is 0 Å². The zero-order valence-electron chi connectivity index (χ0n) is 11.5. The molecule has 0 unspecified atom stereocenters. The van der Waals surface area contributed by atoms with Crippen LogP contribution >= 0.6 is 0 Å². The SMILES string of the molecule is CC(C)(O)c1cn(Cc2ccc3ccccc3n2)nn1. The summed E-state index contributed by atoms with van der Waals surface area (Å²) in [7, 11) is 0. The van der Waals surface area contributed by atoms with Crippen LogP contribution in [0.4, 0.5) is 0 Å². The van der Waals surface area contributed by atoms with E-state index in [1.807, 2.05) is 36.4 Å². The van der Waals surface area contributed by atoms with Crippen LogP contribution in [-0.4, -0.2) is 25.1 Å². The van der Waals surface area contributed by atoms with Crippen LogP contribution < -0.4 is 0 Å². The number of hydrogen-bond donors (Lipinski definition) is 1. The third-order valence-corrected chi connectivity index (χ3v) is 3.15. The first-order chi connectivity index (χ1) is 9.52. The highest BCUT2D eigenvalue weighted by atomic mass is 16.3. The Morgan fingerprint density at radius 2 is 1.95 bits per heavy atom. The molecule has 3 aromatic rings. The van der Waals surface area contributed by atoms with E-state index in [0.29, 0.717) is 12.2 Å². The van der Waals surface area contributed by atoms with Gasteiger partial charge in [-0.15, -0.1) is 5.10 Å². The normalized spacial score (nSPS) is 11.9. The van der Waals surface area contributed by atoms with Gasteiger partial charge in [0.15, 0.2) is 0 Å².